The number of imidazole rings is 2. The van der Waals surface area contributed by atoms with Crippen molar-refractivity contribution in [2.45, 2.75) is 98.2 Å². The van der Waals surface area contributed by atoms with Gasteiger partial charge in [-0.3, -0.25) is 52.4 Å². The van der Waals surface area contributed by atoms with Crippen LogP contribution in [-0.4, -0.2) is 207 Å². The first-order valence-corrected chi connectivity index (χ1v) is 33.7. The van der Waals surface area contributed by atoms with E-state index in [2.05, 4.69) is 56.6 Å². The highest BCUT2D eigenvalue weighted by molar-refractivity contribution is 7.60. The average Bonchev–Trinajstić information content (AvgIpc) is 1.64. The van der Waals surface area contributed by atoms with E-state index in [1.165, 1.54) is 87.3 Å². The molecule has 4 aliphatic heterocycles. The molecular weight excluding hydrogens is 1420 g/mol. The number of nitrogens with zero attached hydrogens (tertiary/aromatic N) is 11. The number of fused-ring (bicyclic) bond motifs is 2. The van der Waals surface area contributed by atoms with Crippen LogP contribution in [0.25, 0.3) is 22.3 Å². The molecule has 0 bridgehead atoms. The number of aromatic nitrogens is 9. The van der Waals surface area contributed by atoms with E-state index in [-0.39, 0.29) is 62.4 Å². The Hall–Kier alpha value is -7.80. The number of primary amides is 1. The van der Waals surface area contributed by atoms with Gasteiger partial charge in [0.05, 0.1) is 48.9 Å². The standard InChI is InChI=1S/C21H27N7O14P2.C21H26N6O16P2.C6H5NO3/c22-17-12-19(25-7-24-17)28(8-26-12)21-16(32)14(30)11(41-21)6-39-44(36,37)42-43(34,35)38-5-10-13(29)15(31)20(40-10)27-3-1-2-9(4-27)18(23)33;22-18-13-19(24-7-23-18)26(8-25-13)20-16(30)14(28)11(41-20)5-38-44(34,35)43-45(36,37)39-6-12-15(29)17(31)21(42-12)40-10-3-1-9(2-4-10)27(32)33;8-6-3-1-5(2-4-6)7(9)10/h1-4,7-8,10-11,13-16,20-21,29-32H,5-6H2,(H5-,22,23,24,25,33,34,35,36,37);1-4,7-8,11-12,14-17,20-21,28-31H,5-6H2,(H,34,35)(H,36,37)(H2,22,23,24);1-4,8H/p-3/t10-,11-,13?,14+,15?,16?,20-,21-;11-,12-,14+,15?,16?,17?,20-,21-;/m11./s1. The van der Waals surface area contributed by atoms with Gasteiger partial charge in [0, 0.05) is 30.3 Å². The summed E-state index contributed by atoms with van der Waals surface area (Å²) in [6, 6.07) is 12.4. The number of anilines is 2. The Morgan fingerprint density at radius 1 is 0.545 bits per heavy atom. The summed E-state index contributed by atoms with van der Waals surface area (Å²) >= 11 is 0. The first-order chi connectivity index (χ1) is 46.5. The number of nitro benzene ring substituents is 2. The second-order valence-electron chi connectivity index (χ2n) is 21.0. The number of aromatic hydroxyl groups is 1. The zero-order valence-electron chi connectivity index (χ0n) is 49.6. The molecule has 4 aliphatic rings. The highest BCUT2D eigenvalue weighted by Crippen LogP contribution is 2.57. The fourth-order valence-electron chi connectivity index (χ4n) is 9.52. The molecule has 0 saturated carbocycles. The number of ether oxygens (including phenoxy) is 5. The molecule has 0 radical (unpaired) electrons. The molecule has 9 heterocycles. The number of carbonyl (C=O) groups excluding carboxylic acids is 1. The number of rotatable bonds is 24. The van der Waals surface area contributed by atoms with Crippen LogP contribution in [0.15, 0.2) is 98.4 Å². The fourth-order valence-corrected chi connectivity index (χ4v) is 13.6. The van der Waals surface area contributed by atoms with Crippen molar-refractivity contribution in [1.82, 2.24) is 39.0 Å². The predicted octanol–water partition coefficient (Wildman–Crippen LogP) is -5.53. The maximum atomic E-state index is 12.3. The van der Waals surface area contributed by atoms with Crippen molar-refractivity contribution in [3.63, 3.8) is 0 Å². The Morgan fingerprint density at radius 3 is 1.36 bits per heavy atom. The zero-order chi connectivity index (χ0) is 72.2. The van der Waals surface area contributed by atoms with Crippen LogP contribution in [0.4, 0.5) is 23.0 Å². The van der Waals surface area contributed by atoms with Crippen molar-refractivity contribution >= 4 is 82.5 Å². The number of hydrogen-bond donors (Lipinski definition) is 12. The third-order valence-corrected chi connectivity index (χ3v) is 19.5. The van der Waals surface area contributed by atoms with Crippen LogP contribution >= 0.6 is 31.3 Å². The Bertz CT molecular complexity index is 4230. The largest absolute Gasteiger partial charge is 0.756 e. The Kier molecular flexibility index (Phi) is 23.6. The SMILES string of the molecule is NC(=O)c1ccc[n+]([C@@H]2O[C@H](COP(=O)([O-])OP(=O)([O-])OC[C@H]3O[C@@H](n4cnc5c(N)ncnc54)C(O)[C@H]3O)C(O)C2O)c1.Nc1ncnc2c1ncn2[C@@H]1O[C@H](COP(=O)([O-])OP(=O)([O-])OC[C@H]2O[C@@H](Oc3ccc([N+](=O)[O-])cc3)C(O)C2O)[C@H](O)C1O.O=[N+]([O-])c1ccc(O)cc1. The molecule has 2 aromatic carbocycles. The number of aliphatic hydroxyl groups excluding tert-OH is 8. The summed E-state index contributed by atoms with van der Waals surface area (Å²) in [4.78, 5) is 104. The third-order valence-electron chi connectivity index (χ3n) is 14.4. The minimum absolute atomic E-state index is 0.00734. The van der Waals surface area contributed by atoms with Crippen LogP contribution in [0.3, 0.4) is 0 Å². The summed E-state index contributed by atoms with van der Waals surface area (Å²) in [5.74, 6) is -0.674. The average molecular weight is 1480 g/mol. The van der Waals surface area contributed by atoms with Gasteiger partial charge in [-0.25, -0.2) is 38.5 Å². The van der Waals surface area contributed by atoms with Gasteiger partial charge in [0.15, 0.2) is 53.9 Å². The van der Waals surface area contributed by atoms with Crippen LogP contribution in [0, 0.1) is 20.2 Å². The number of phosphoric acid groups is 4. The van der Waals surface area contributed by atoms with E-state index in [4.69, 9.17) is 46.0 Å². The number of benzene rings is 2. The van der Waals surface area contributed by atoms with Gasteiger partial charge in [-0.1, -0.05) is 0 Å². The van der Waals surface area contributed by atoms with Crippen LogP contribution in [0.5, 0.6) is 11.5 Å². The fraction of sp³-hybridized carbons (Fsp3) is 0.417. The molecule has 5 aromatic heterocycles. The van der Waals surface area contributed by atoms with E-state index < -0.39 is 172 Å². The molecule has 4 saturated heterocycles. The number of aliphatic hydroxyl groups is 8. The van der Waals surface area contributed by atoms with Crippen molar-refractivity contribution in [3.8, 4) is 11.5 Å². The minimum atomic E-state index is -5.71. The van der Waals surface area contributed by atoms with Crippen molar-refractivity contribution < 1.29 is 153 Å². The number of nitro groups is 2. The summed E-state index contributed by atoms with van der Waals surface area (Å²) in [5, 5.41) is 112. The molecule has 0 aliphatic carbocycles. The maximum Gasteiger partial charge on any atom is 0.292 e. The zero-order valence-corrected chi connectivity index (χ0v) is 53.1. The lowest BCUT2D eigenvalue weighted by Crippen LogP contribution is -2.46. The first kappa shape index (κ1) is 75.4. The number of phenols is 1. The first-order valence-electron chi connectivity index (χ1n) is 27.9. The number of nitrogen functional groups attached to an aromatic ring is 2. The van der Waals surface area contributed by atoms with E-state index in [0.29, 0.717) is 0 Å². The minimum Gasteiger partial charge on any atom is -0.756 e. The summed E-state index contributed by atoms with van der Waals surface area (Å²) in [6.45, 7) is -4.02. The Labute approximate surface area is 551 Å². The van der Waals surface area contributed by atoms with Gasteiger partial charge in [-0.2, -0.15) is 4.57 Å². The van der Waals surface area contributed by atoms with Gasteiger partial charge >= 0.3 is 0 Å². The van der Waals surface area contributed by atoms with Gasteiger partial charge in [0.1, 0.15) is 108 Å². The van der Waals surface area contributed by atoms with Crippen LogP contribution in [0.2, 0.25) is 0 Å². The quantitative estimate of drug-likeness (QED) is 0.0116. The number of nitrogens with two attached hydrogens (primary N) is 3. The van der Waals surface area contributed by atoms with Gasteiger partial charge < -0.3 is 125 Å². The van der Waals surface area contributed by atoms with Crippen LogP contribution < -0.4 is 46.1 Å². The van der Waals surface area contributed by atoms with Crippen molar-refractivity contribution in [3.05, 3.63) is 124 Å². The predicted molar refractivity (Wildman–Crippen MR) is 308 cm³/mol. The number of phenolic OH excluding ortho intramolecular Hbond substituents is 1. The molecule has 0 spiro atoms. The lowest BCUT2D eigenvalue weighted by Gasteiger charge is -2.32. The second-order valence-corrected chi connectivity index (χ2v) is 26.9. The smallest absolute Gasteiger partial charge is 0.292 e. The summed E-state index contributed by atoms with van der Waals surface area (Å²) in [5.41, 5.74) is 17.1. The second kappa shape index (κ2) is 31.0. The molecule has 538 valence electrons. The Balaban J connectivity index is 0.000000202. The molecule has 1 amide bonds. The highest BCUT2D eigenvalue weighted by Gasteiger charge is 2.50. The topological polar surface area (TPSA) is 717 Å². The van der Waals surface area contributed by atoms with Gasteiger partial charge in [0.25, 0.3) is 54.8 Å². The Morgan fingerprint density at radius 2 is 0.939 bits per heavy atom. The maximum absolute atomic E-state index is 12.3. The lowest BCUT2D eigenvalue weighted by molar-refractivity contribution is -0.765. The number of non-ortho nitro benzene ring substituents is 2. The number of phosphoric ester groups is 4. The van der Waals surface area contributed by atoms with Crippen molar-refractivity contribution in [2.24, 2.45) is 5.73 Å². The molecule has 11 rings (SSSR count). The summed E-state index contributed by atoms with van der Waals surface area (Å²) < 4.78 is 106. The van der Waals surface area contributed by atoms with Crippen LogP contribution in [0.1, 0.15) is 29.0 Å². The molecular formula is C48H55N14O33P4-3. The normalized spacial score (nSPS) is 29.1. The molecule has 20 atom stereocenters. The molecule has 47 nitrogen and oxygen atoms in total. The van der Waals surface area contributed by atoms with E-state index in [1.54, 1.807) is 0 Å². The number of carbonyl (C=O) groups is 1. The molecule has 99 heavy (non-hydrogen) atoms. The molecule has 10 unspecified atom stereocenters. The molecule has 7 aromatic rings. The third kappa shape index (κ3) is 18.2. The van der Waals surface area contributed by atoms with Crippen molar-refractivity contribution in [2.75, 3.05) is 37.9 Å². The van der Waals surface area contributed by atoms with Crippen LogP contribution in [-0.2, 0) is 63.9 Å². The van der Waals surface area contributed by atoms with E-state index in [1.807, 2.05) is 0 Å². The molecule has 15 N–H and O–H groups in total. The number of amides is 1. The van der Waals surface area contributed by atoms with E-state index >= 15 is 0 Å². The number of hydrogen-bond acceptors (Lipinski definition) is 41. The molecule has 4 fully saturated rings. The van der Waals surface area contributed by atoms with Gasteiger partial charge in [0.2, 0.25) is 6.29 Å². The van der Waals surface area contributed by atoms with Gasteiger partial charge in [-0.15, -0.1) is 0 Å². The highest BCUT2D eigenvalue weighted by atomic mass is 31.3. The van der Waals surface area contributed by atoms with E-state index in [0.717, 1.165) is 24.8 Å². The lowest BCUT2D eigenvalue weighted by atomic mass is 10.1. The summed E-state index contributed by atoms with van der Waals surface area (Å²) in [6.07, 6.45) is -17.7. The van der Waals surface area contributed by atoms with Crippen molar-refractivity contribution in [1.29, 1.82) is 0 Å². The monoisotopic (exact) mass is 1480 g/mol. The van der Waals surface area contributed by atoms with E-state index in [9.17, 15) is 104 Å². The van der Waals surface area contributed by atoms with Gasteiger partial charge in [-0.05, 0) is 30.3 Å². The number of pyridine rings is 1. The molecule has 51 heteroatoms. The summed E-state index contributed by atoms with van der Waals surface area (Å²) in [7, 11) is -22.8.